The number of hydrogen-bond donors (Lipinski definition) is 1. The molecule has 0 fully saturated rings. The lowest BCUT2D eigenvalue weighted by Gasteiger charge is -2.19. The molecule has 0 saturated carbocycles. The van der Waals surface area contributed by atoms with E-state index in [9.17, 15) is 22.0 Å². The third-order valence-electron chi connectivity index (χ3n) is 4.50. The quantitative estimate of drug-likeness (QED) is 0.575. The molecule has 152 valence electrons. The van der Waals surface area contributed by atoms with Crippen molar-refractivity contribution in [1.82, 2.24) is 0 Å². The largest absolute Gasteiger partial charge is 0.320 e. The Morgan fingerprint density at radius 3 is 2.33 bits per heavy atom. The summed E-state index contributed by atoms with van der Waals surface area (Å²) in [5, 5.41) is 2.69. The average molecular weight is 443 g/mol. The van der Waals surface area contributed by atoms with E-state index in [0.717, 1.165) is 17.7 Å². The maximum absolute atomic E-state index is 13.9. The van der Waals surface area contributed by atoms with Crippen LogP contribution < -0.4 is 5.32 Å². The Morgan fingerprint density at radius 1 is 0.933 bits per heavy atom. The molecule has 0 aromatic heterocycles. The van der Waals surface area contributed by atoms with Gasteiger partial charge in [-0.25, -0.2) is 17.2 Å². The van der Waals surface area contributed by atoms with Crippen LogP contribution in [0.15, 0.2) is 81.4 Å². The van der Waals surface area contributed by atoms with E-state index in [1.807, 2.05) is 30.3 Å². The fourth-order valence-electron chi connectivity index (χ4n) is 2.98. The number of benzene rings is 3. The molecule has 1 heterocycles. The van der Waals surface area contributed by atoms with Gasteiger partial charge in [0.05, 0.1) is 21.2 Å². The highest BCUT2D eigenvalue weighted by Gasteiger charge is 2.25. The van der Waals surface area contributed by atoms with Crippen molar-refractivity contribution in [3.05, 3.63) is 94.4 Å². The minimum atomic E-state index is -4.03. The standard InChI is InChI=1S/C22H15F2NO3S2/c23-17-7-4-8-18(24)16(17)13-30(27,28)15-9-10-20-19(12-15)25-22(26)21(29-20)11-14-5-2-1-3-6-14/h1-12H,13H2,(H,25,26)/b21-11-. The molecule has 4 rings (SSSR count). The molecule has 3 aromatic carbocycles. The van der Waals surface area contributed by atoms with Gasteiger partial charge in [-0.15, -0.1) is 0 Å². The van der Waals surface area contributed by atoms with E-state index in [0.29, 0.717) is 15.5 Å². The second-order valence-electron chi connectivity index (χ2n) is 6.59. The number of anilines is 1. The van der Waals surface area contributed by atoms with E-state index in [-0.39, 0.29) is 10.8 Å². The van der Waals surface area contributed by atoms with Crippen LogP contribution >= 0.6 is 11.8 Å². The van der Waals surface area contributed by atoms with E-state index in [1.165, 1.54) is 30.0 Å². The highest BCUT2D eigenvalue weighted by molar-refractivity contribution is 8.04. The summed E-state index contributed by atoms with van der Waals surface area (Å²) in [7, 11) is -4.03. The molecule has 1 aliphatic heterocycles. The van der Waals surface area contributed by atoms with Gasteiger partial charge in [-0.1, -0.05) is 48.2 Å². The van der Waals surface area contributed by atoms with Gasteiger partial charge in [0.1, 0.15) is 11.6 Å². The first-order chi connectivity index (χ1) is 14.3. The van der Waals surface area contributed by atoms with Crippen LogP contribution in [0, 0.1) is 11.6 Å². The summed E-state index contributed by atoms with van der Waals surface area (Å²) < 4.78 is 53.2. The molecule has 0 spiro atoms. The third-order valence-corrected chi connectivity index (χ3v) is 7.24. The molecule has 4 nitrogen and oxygen atoms in total. The Kier molecular flexibility index (Phi) is 5.44. The number of carbonyl (C=O) groups is 1. The lowest BCUT2D eigenvalue weighted by Crippen LogP contribution is -2.18. The molecule has 0 radical (unpaired) electrons. The van der Waals surface area contributed by atoms with E-state index < -0.39 is 32.8 Å². The van der Waals surface area contributed by atoms with E-state index in [4.69, 9.17) is 0 Å². The molecule has 1 N–H and O–H groups in total. The molecule has 8 heteroatoms. The van der Waals surface area contributed by atoms with Crippen LogP contribution in [0.4, 0.5) is 14.5 Å². The molecule has 0 bridgehead atoms. The Balaban J connectivity index is 1.63. The number of thioether (sulfide) groups is 1. The summed E-state index contributed by atoms with van der Waals surface area (Å²) in [5.74, 6) is -3.01. The van der Waals surface area contributed by atoms with E-state index in [2.05, 4.69) is 5.32 Å². The molecule has 3 aromatic rings. The SMILES string of the molecule is O=C1Nc2cc(S(=O)(=O)Cc3c(F)cccc3F)ccc2S/C1=C\c1ccccc1. The number of fused-ring (bicyclic) bond motifs is 1. The van der Waals surface area contributed by atoms with Gasteiger partial charge in [-0.2, -0.15) is 0 Å². The van der Waals surface area contributed by atoms with Crippen molar-refractivity contribution in [2.75, 3.05) is 5.32 Å². The van der Waals surface area contributed by atoms with Gasteiger partial charge < -0.3 is 5.32 Å². The van der Waals surface area contributed by atoms with Crippen LogP contribution in [0.3, 0.4) is 0 Å². The number of hydrogen-bond acceptors (Lipinski definition) is 4. The summed E-state index contributed by atoms with van der Waals surface area (Å²) in [6.45, 7) is 0. The van der Waals surface area contributed by atoms with E-state index >= 15 is 0 Å². The molecular formula is C22H15F2NO3S2. The Morgan fingerprint density at radius 2 is 1.63 bits per heavy atom. The molecule has 0 atom stereocenters. The number of amides is 1. The third kappa shape index (κ3) is 4.15. The topological polar surface area (TPSA) is 63.2 Å². The Hall–Kier alpha value is -2.97. The first kappa shape index (κ1) is 20.3. The monoisotopic (exact) mass is 443 g/mol. The van der Waals surface area contributed by atoms with Gasteiger partial charge in [0.15, 0.2) is 9.84 Å². The van der Waals surface area contributed by atoms with Gasteiger partial charge >= 0.3 is 0 Å². The summed E-state index contributed by atoms with van der Waals surface area (Å²) in [6, 6.07) is 16.8. The van der Waals surface area contributed by atoms with Crippen LogP contribution in [0.5, 0.6) is 0 Å². The highest BCUT2D eigenvalue weighted by Crippen LogP contribution is 2.40. The Labute approximate surface area is 176 Å². The number of sulfone groups is 1. The first-order valence-electron chi connectivity index (χ1n) is 8.89. The molecule has 1 amide bonds. The van der Waals surface area contributed by atoms with Crippen molar-refractivity contribution in [2.45, 2.75) is 15.5 Å². The van der Waals surface area contributed by atoms with Gasteiger partial charge in [-0.3, -0.25) is 4.79 Å². The predicted octanol–water partition coefficient (Wildman–Crippen LogP) is 5.02. The fourth-order valence-corrected chi connectivity index (χ4v) is 5.30. The summed E-state index contributed by atoms with van der Waals surface area (Å²) in [6.07, 6.45) is 1.74. The number of rotatable bonds is 4. The molecule has 0 unspecified atom stereocenters. The average Bonchev–Trinajstić information content (AvgIpc) is 2.72. The van der Waals surface area contributed by atoms with Crippen molar-refractivity contribution >= 4 is 39.3 Å². The summed E-state index contributed by atoms with van der Waals surface area (Å²) in [5.41, 5.74) is 0.691. The van der Waals surface area contributed by atoms with Crippen molar-refractivity contribution < 1.29 is 22.0 Å². The molecule has 1 aliphatic rings. The lowest BCUT2D eigenvalue weighted by atomic mass is 10.2. The second kappa shape index (κ2) is 8.04. The number of nitrogens with one attached hydrogen (secondary N) is 1. The molecule has 0 aliphatic carbocycles. The van der Waals surface area contributed by atoms with E-state index in [1.54, 1.807) is 12.1 Å². The second-order valence-corrected chi connectivity index (χ2v) is 9.67. The van der Waals surface area contributed by atoms with Gasteiger partial charge in [0.2, 0.25) is 0 Å². The van der Waals surface area contributed by atoms with Gasteiger partial charge in [0, 0.05) is 10.5 Å². The summed E-state index contributed by atoms with van der Waals surface area (Å²) >= 11 is 1.22. The number of carbonyl (C=O) groups excluding carboxylic acids is 1. The zero-order chi connectivity index (χ0) is 21.3. The first-order valence-corrected chi connectivity index (χ1v) is 11.4. The van der Waals surface area contributed by atoms with Crippen molar-refractivity contribution in [3.8, 4) is 0 Å². The zero-order valence-corrected chi connectivity index (χ0v) is 17.1. The summed E-state index contributed by atoms with van der Waals surface area (Å²) in [4.78, 5) is 13.5. The lowest BCUT2D eigenvalue weighted by molar-refractivity contribution is -0.112. The zero-order valence-electron chi connectivity index (χ0n) is 15.4. The minimum Gasteiger partial charge on any atom is -0.320 e. The normalized spacial score (nSPS) is 15.0. The molecular weight excluding hydrogens is 428 g/mol. The van der Waals surface area contributed by atoms with Crippen molar-refractivity contribution in [2.24, 2.45) is 0 Å². The fraction of sp³-hybridized carbons (Fsp3) is 0.0455. The van der Waals surface area contributed by atoms with Crippen LogP contribution in [0.1, 0.15) is 11.1 Å². The minimum absolute atomic E-state index is 0.125. The van der Waals surface area contributed by atoms with Gasteiger partial charge in [-0.05, 0) is 42.0 Å². The Bertz CT molecular complexity index is 1250. The maximum Gasteiger partial charge on any atom is 0.262 e. The van der Waals surface area contributed by atoms with Crippen LogP contribution in [-0.4, -0.2) is 14.3 Å². The smallest absolute Gasteiger partial charge is 0.262 e. The van der Waals surface area contributed by atoms with Crippen molar-refractivity contribution in [3.63, 3.8) is 0 Å². The highest BCUT2D eigenvalue weighted by atomic mass is 32.2. The number of halogens is 2. The van der Waals surface area contributed by atoms with Crippen molar-refractivity contribution in [1.29, 1.82) is 0 Å². The van der Waals surface area contributed by atoms with Crippen LogP contribution in [0.25, 0.3) is 6.08 Å². The van der Waals surface area contributed by atoms with Gasteiger partial charge in [0.25, 0.3) is 5.91 Å². The maximum atomic E-state index is 13.9. The predicted molar refractivity (Wildman–Crippen MR) is 113 cm³/mol. The molecule has 30 heavy (non-hydrogen) atoms. The van der Waals surface area contributed by atoms with Crippen LogP contribution in [0.2, 0.25) is 0 Å². The molecule has 0 saturated heterocycles. The van der Waals surface area contributed by atoms with Crippen LogP contribution in [-0.2, 0) is 20.4 Å².